The average Bonchev–Trinajstić information content (AvgIpc) is 1.61. The summed E-state index contributed by atoms with van der Waals surface area (Å²) in [6, 6.07) is 126. The first kappa shape index (κ1) is 95.0. The van der Waals surface area contributed by atoms with Crippen LogP contribution in [-0.2, 0) is 32.5 Å². The number of hydrogen-bond donors (Lipinski definition) is 0. The second-order valence-electron chi connectivity index (χ2n) is 40.2. The Morgan fingerprint density at radius 1 is 0.212 bits per heavy atom. The Hall–Kier alpha value is -13.7. The van der Waals surface area contributed by atoms with E-state index < -0.39 is 0 Å². The van der Waals surface area contributed by atoms with Crippen molar-refractivity contribution in [3.8, 4) is 54.3 Å². The Kier molecular flexibility index (Phi) is 28.0. The third kappa shape index (κ3) is 23.0. The lowest BCUT2D eigenvalue weighted by Crippen LogP contribution is -2.10. The lowest BCUT2D eigenvalue weighted by atomic mass is 9.86. The zero-order valence-corrected chi connectivity index (χ0v) is 85.1. The number of oxazole rings is 2. The van der Waals surface area contributed by atoms with Crippen LogP contribution in [0.3, 0.4) is 0 Å². The molecular formula is C121H114N8O3S5. The Morgan fingerprint density at radius 3 is 0.934 bits per heavy atom. The first-order valence-electron chi connectivity index (χ1n) is 46.4. The number of aromatic nitrogens is 7. The molecule has 23 rings (SSSR count). The van der Waals surface area contributed by atoms with Crippen LogP contribution in [0.25, 0.3) is 150 Å². The number of benzene rings is 15. The quantitative estimate of drug-likeness (QED) is 0.144. The fourth-order valence-electron chi connectivity index (χ4n) is 15.4. The van der Waals surface area contributed by atoms with Crippen molar-refractivity contribution in [3.05, 3.63) is 397 Å². The molecule has 0 aliphatic heterocycles. The largest absolute Gasteiger partial charge is 0.456 e. The van der Waals surface area contributed by atoms with Crippen molar-refractivity contribution in [2.75, 3.05) is 4.90 Å². The monoisotopic (exact) mass is 1890 g/mol. The predicted octanol–water partition coefficient (Wildman–Crippen LogP) is 36.6. The highest BCUT2D eigenvalue weighted by molar-refractivity contribution is 7.23. The van der Waals surface area contributed by atoms with Crippen LogP contribution < -0.4 is 4.90 Å². The number of furan rings is 1. The predicted molar refractivity (Wildman–Crippen MR) is 587 cm³/mol. The van der Waals surface area contributed by atoms with Gasteiger partial charge in [0.15, 0.2) is 16.3 Å². The molecule has 0 saturated heterocycles. The Balaban J connectivity index is 0.000000112. The molecule has 686 valence electrons. The van der Waals surface area contributed by atoms with Crippen LogP contribution in [0, 0.1) is 0 Å². The van der Waals surface area contributed by atoms with Gasteiger partial charge in [0.1, 0.15) is 37.2 Å². The van der Waals surface area contributed by atoms with Gasteiger partial charge < -0.3 is 13.3 Å². The van der Waals surface area contributed by atoms with Crippen molar-refractivity contribution in [3.63, 3.8) is 0 Å². The van der Waals surface area contributed by atoms with E-state index in [9.17, 15) is 0 Å². The first-order chi connectivity index (χ1) is 65.6. The minimum atomic E-state index is -0.0149. The third-order valence-corrected chi connectivity index (χ3v) is 29.1. The molecule has 8 aromatic heterocycles. The van der Waals surface area contributed by atoms with Crippen LogP contribution in [0.1, 0.15) is 158 Å². The number of hydrogen-bond acceptors (Lipinski definition) is 16. The molecule has 0 aliphatic carbocycles. The SMILES string of the molecule is CC(C)(C)c1ccc(-c2ccc(-c3nc4ccccc4s3)cc2)cc1.CC(C)(C)c1ccc(-c2nc3ccccc3o2)cc1.CC(C)(C)c1ccc(-c2nc3ccccc3s2)cc1.CC(C)(C)c1ccc2oc3ccc(-c4nc5ccccc5s4)cc3c2c1.CC(C)(C)c1nc2ccccc2o1.CC(C)(C)c1nc2ccccc2s1.c1ccc(N(c2ccccc2)c2nc3ccccc3s2)cc1. The Labute approximate surface area is 823 Å². The number of nitrogens with zero attached hydrogens (tertiary/aromatic N) is 8. The number of anilines is 3. The molecule has 0 atom stereocenters. The summed E-state index contributed by atoms with van der Waals surface area (Å²) >= 11 is 8.73. The third-order valence-electron chi connectivity index (χ3n) is 23.3. The number of thiazole rings is 5. The van der Waals surface area contributed by atoms with E-state index in [2.05, 4.69) is 417 Å². The van der Waals surface area contributed by atoms with Crippen molar-refractivity contribution in [1.29, 1.82) is 0 Å². The van der Waals surface area contributed by atoms with Crippen LogP contribution in [0.15, 0.2) is 377 Å². The molecule has 16 heteroatoms. The van der Waals surface area contributed by atoms with Gasteiger partial charge in [-0.15, -0.1) is 45.3 Å². The molecule has 0 bridgehead atoms. The number of rotatable bonds is 8. The van der Waals surface area contributed by atoms with Gasteiger partial charge in [-0.3, -0.25) is 4.90 Å². The van der Waals surface area contributed by atoms with E-state index in [1.807, 2.05) is 91.0 Å². The molecule has 0 spiro atoms. The summed E-state index contributed by atoms with van der Waals surface area (Å²) in [7, 11) is 0. The average molecular weight is 1890 g/mol. The maximum absolute atomic E-state index is 6.05. The summed E-state index contributed by atoms with van der Waals surface area (Å²) in [5.41, 5.74) is 26.2. The van der Waals surface area contributed by atoms with Crippen LogP contribution in [0.5, 0.6) is 0 Å². The molecule has 0 fully saturated rings. The highest BCUT2D eigenvalue weighted by Gasteiger charge is 2.25. The minimum absolute atomic E-state index is 0.0149. The summed E-state index contributed by atoms with van der Waals surface area (Å²) in [4.78, 5) is 34.8. The molecule has 0 amide bonds. The van der Waals surface area contributed by atoms with Gasteiger partial charge in [-0.25, -0.2) is 34.9 Å². The normalized spacial score (nSPS) is 11.9. The molecule has 15 aromatic carbocycles. The molecule has 0 radical (unpaired) electrons. The maximum Gasteiger partial charge on any atom is 0.227 e. The fraction of sp³-hybridized carbons (Fsp3) is 0.198. The van der Waals surface area contributed by atoms with Crippen LogP contribution >= 0.6 is 56.7 Å². The van der Waals surface area contributed by atoms with Gasteiger partial charge in [-0.05, 0) is 207 Å². The number of fused-ring (bicyclic) bond motifs is 10. The van der Waals surface area contributed by atoms with Gasteiger partial charge in [0.05, 0.1) is 56.1 Å². The van der Waals surface area contributed by atoms with Crippen molar-refractivity contribution in [2.24, 2.45) is 0 Å². The highest BCUT2D eigenvalue weighted by atomic mass is 32.1. The summed E-state index contributed by atoms with van der Waals surface area (Å²) < 4.78 is 23.6. The number of para-hydroxylation sites is 11. The molecule has 137 heavy (non-hydrogen) atoms. The standard InChI is InChI=1S/C23H19NOS.C23H21NS.C19H14N2S.C17H17NO.C17H17NS.C11H13NO.C11H13NS/c1-23(2,3)15-9-11-20-17(13-15)16-12-14(8-10-19(16)25-20)22-24-18-6-4-5-7-21(18)26-22;1-23(2,3)19-14-12-17(13-15-19)16-8-10-18(11-9-16)22-24-20-6-4-5-7-21(20)25-22;1-3-9-15(10-4-1)21(16-11-5-2-6-12-16)19-20-17-13-7-8-14-18(17)22-19;2*1-17(2,3)13-10-8-12(9-11-13)16-18-14-6-4-5-7-15(14)19-16;2*1-11(2,3)10-12-8-6-4-5-7-9(8)13-10/h4-13H,1-3H3;4-15H,1-3H3;1-14H;2*4-11H,1-3H3;2*4-7H,1-3H3. The van der Waals surface area contributed by atoms with Gasteiger partial charge in [0, 0.05) is 55.2 Å². The molecule has 11 nitrogen and oxygen atoms in total. The highest BCUT2D eigenvalue weighted by Crippen LogP contribution is 2.43. The van der Waals surface area contributed by atoms with E-state index >= 15 is 0 Å². The van der Waals surface area contributed by atoms with Crippen molar-refractivity contribution >= 4 is 168 Å². The van der Waals surface area contributed by atoms with Crippen LogP contribution in [0.2, 0.25) is 0 Å². The van der Waals surface area contributed by atoms with Gasteiger partial charge in [0.2, 0.25) is 11.8 Å². The van der Waals surface area contributed by atoms with E-state index in [0.717, 1.165) is 115 Å². The van der Waals surface area contributed by atoms with Gasteiger partial charge in [0.25, 0.3) is 0 Å². The Morgan fingerprint density at radius 2 is 0.533 bits per heavy atom. The maximum atomic E-state index is 6.05. The zero-order valence-electron chi connectivity index (χ0n) is 81.0. The van der Waals surface area contributed by atoms with E-state index in [1.54, 1.807) is 56.7 Å². The van der Waals surface area contributed by atoms with E-state index in [-0.39, 0.29) is 32.5 Å². The van der Waals surface area contributed by atoms with Gasteiger partial charge >= 0.3 is 0 Å². The van der Waals surface area contributed by atoms with Gasteiger partial charge in [-0.2, -0.15) is 0 Å². The molecule has 23 aromatic rings. The molecular weight excluding hydrogens is 1770 g/mol. The lowest BCUT2D eigenvalue weighted by Gasteiger charge is -2.21. The van der Waals surface area contributed by atoms with Crippen LogP contribution in [-0.4, -0.2) is 34.9 Å². The summed E-state index contributed by atoms with van der Waals surface area (Å²) in [6.07, 6.45) is 0. The second-order valence-corrected chi connectivity index (χ2v) is 45.4. The summed E-state index contributed by atoms with van der Waals surface area (Å²) in [5.74, 6) is 1.48. The molecule has 8 heterocycles. The first-order valence-corrected chi connectivity index (χ1v) is 50.5. The van der Waals surface area contributed by atoms with E-state index in [4.69, 9.17) is 33.2 Å². The lowest BCUT2D eigenvalue weighted by molar-refractivity contribution is 0.411. The van der Waals surface area contributed by atoms with E-state index in [1.165, 1.54) is 78.4 Å². The van der Waals surface area contributed by atoms with Crippen LogP contribution in [0.4, 0.5) is 16.5 Å². The van der Waals surface area contributed by atoms with Crippen molar-refractivity contribution in [2.45, 2.75) is 157 Å². The van der Waals surface area contributed by atoms with E-state index in [0.29, 0.717) is 5.89 Å². The summed E-state index contributed by atoms with van der Waals surface area (Å²) in [5, 5.41) is 7.76. The molecule has 0 aliphatic rings. The molecule has 0 saturated carbocycles. The summed E-state index contributed by atoms with van der Waals surface area (Å²) in [6.45, 7) is 39.7. The van der Waals surface area contributed by atoms with Crippen molar-refractivity contribution in [1.82, 2.24) is 34.9 Å². The van der Waals surface area contributed by atoms with Crippen molar-refractivity contribution < 1.29 is 13.3 Å². The second kappa shape index (κ2) is 40.3. The molecule has 0 N–H and O–H groups in total. The topological polar surface area (TPSA) is 133 Å². The Bertz CT molecular complexity index is 7530. The fourth-order valence-corrected chi connectivity index (χ4v) is 20.4. The van der Waals surface area contributed by atoms with Gasteiger partial charge in [-0.1, -0.05) is 348 Å². The zero-order chi connectivity index (χ0) is 96.0. The minimum Gasteiger partial charge on any atom is -0.456 e. The molecule has 0 unspecified atom stereocenters. The smallest absolute Gasteiger partial charge is 0.227 e.